The summed E-state index contributed by atoms with van der Waals surface area (Å²) in [6, 6.07) is 9.83. The molecule has 3 amide bonds. The molecule has 3 rings (SSSR count). The van der Waals surface area contributed by atoms with Gasteiger partial charge in [-0.1, -0.05) is 12.1 Å². The second-order valence-electron chi connectivity index (χ2n) is 7.89. The number of methoxy groups -OCH3 is 2. The van der Waals surface area contributed by atoms with Crippen molar-refractivity contribution < 1.29 is 33.8 Å². The Morgan fingerprint density at radius 2 is 1.86 bits per heavy atom. The fourth-order valence-electron chi connectivity index (χ4n) is 3.77. The molecule has 0 bridgehead atoms. The quantitative estimate of drug-likeness (QED) is 0.555. The number of benzene rings is 2. The lowest BCUT2D eigenvalue weighted by Gasteiger charge is -2.34. The highest BCUT2D eigenvalue weighted by molar-refractivity contribution is 6.21. The number of nitrogens with zero attached hydrogens (tertiary/aromatic N) is 2. The van der Waals surface area contributed by atoms with Gasteiger partial charge in [-0.2, -0.15) is 0 Å². The van der Waals surface area contributed by atoms with E-state index in [1.54, 1.807) is 56.5 Å². The van der Waals surface area contributed by atoms with E-state index in [0.29, 0.717) is 28.2 Å². The Kier molecular flexibility index (Phi) is 7.75. The molecule has 1 atom stereocenters. The van der Waals surface area contributed by atoms with Crippen LogP contribution in [0.1, 0.15) is 13.3 Å². The van der Waals surface area contributed by atoms with Crippen molar-refractivity contribution in [1.29, 1.82) is 0 Å². The number of aliphatic carboxylic acids is 1. The largest absolute Gasteiger partial charge is 0.497 e. The molecule has 0 saturated heterocycles. The Labute approximate surface area is 202 Å². The van der Waals surface area contributed by atoms with Crippen LogP contribution in [0.4, 0.5) is 10.5 Å². The van der Waals surface area contributed by atoms with Crippen molar-refractivity contribution in [1.82, 2.24) is 10.2 Å². The number of likely N-dealkylation sites (N-methyl/N-ethyl adjacent to an activating group) is 1. The molecule has 0 fully saturated rings. The van der Waals surface area contributed by atoms with E-state index in [-0.39, 0.29) is 18.7 Å². The summed E-state index contributed by atoms with van der Waals surface area (Å²) in [5, 5.41) is 11.4. The Morgan fingerprint density at radius 1 is 1.11 bits per heavy atom. The van der Waals surface area contributed by atoms with Gasteiger partial charge in [0.1, 0.15) is 11.5 Å². The summed E-state index contributed by atoms with van der Waals surface area (Å²) >= 11 is 0. The second kappa shape index (κ2) is 10.7. The average molecular weight is 482 g/mol. The third-order valence-corrected chi connectivity index (χ3v) is 5.54. The first-order valence-electron chi connectivity index (χ1n) is 10.8. The van der Waals surface area contributed by atoms with Gasteiger partial charge in [-0.05, 0) is 36.8 Å². The number of anilines is 1. The number of rotatable bonds is 8. The van der Waals surface area contributed by atoms with E-state index in [1.807, 2.05) is 0 Å². The van der Waals surface area contributed by atoms with Crippen molar-refractivity contribution >= 4 is 29.4 Å². The van der Waals surface area contributed by atoms with Gasteiger partial charge in [-0.25, -0.2) is 4.79 Å². The number of carbonyl (C=O) groups excluding carboxylic acids is 3. The average Bonchev–Trinajstić information content (AvgIpc) is 2.84. The number of Topliss-reactive ketones (excluding diaryl/α,β-unsaturated/α-hetero) is 1. The number of hydrogen-bond acceptors (Lipinski definition) is 6. The maximum absolute atomic E-state index is 13.2. The van der Waals surface area contributed by atoms with Gasteiger partial charge in [0.25, 0.3) is 5.91 Å². The Morgan fingerprint density at radius 3 is 2.51 bits per heavy atom. The van der Waals surface area contributed by atoms with Gasteiger partial charge < -0.3 is 24.8 Å². The van der Waals surface area contributed by atoms with Gasteiger partial charge in [0.15, 0.2) is 11.8 Å². The summed E-state index contributed by atoms with van der Waals surface area (Å²) in [4.78, 5) is 52.5. The number of carbonyl (C=O) groups is 4. The lowest BCUT2D eigenvalue weighted by molar-refractivity contribution is -0.137. The van der Waals surface area contributed by atoms with Crippen LogP contribution in [0.15, 0.2) is 54.2 Å². The zero-order valence-electron chi connectivity index (χ0n) is 19.9. The van der Waals surface area contributed by atoms with Crippen molar-refractivity contribution in [2.24, 2.45) is 0 Å². The highest BCUT2D eigenvalue weighted by Gasteiger charge is 2.41. The topological polar surface area (TPSA) is 125 Å². The highest BCUT2D eigenvalue weighted by atomic mass is 16.5. The molecular formula is C25H27N3O7. The first-order chi connectivity index (χ1) is 16.7. The fourth-order valence-corrected chi connectivity index (χ4v) is 3.77. The predicted octanol–water partition coefficient (Wildman–Crippen LogP) is 2.68. The summed E-state index contributed by atoms with van der Waals surface area (Å²) in [5.74, 6) is -1.06. The molecule has 35 heavy (non-hydrogen) atoms. The molecule has 10 nitrogen and oxygen atoms in total. The van der Waals surface area contributed by atoms with Gasteiger partial charge >= 0.3 is 12.0 Å². The zero-order chi connectivity index (χ0) is 25.7. The van der Waals surface area contributed by atoms with Crippen LogP contribution in [-0.2, 0) is 14.4 Å². The van der Waals surface area contributed by atoms with Gasteiger partial charge in [-0.15, -0.1) is 0 Å². The normalized spacial score (nSPS) is 15.4. The number of nitrogens with one attached hydrogen (secondary N) is 1. The molecule has 1 aliphatic rings. The van der Waals surface area contributed by atoms with Crippen molar-refractivity contribution in [2.45, 2.75) is 19.4 Å². The minimum Gasteiger partial charge on any atom is -0.497 e. The number of carboxylic acids is 1. The molecule has 0 saturated carbocycles. The first-order valence-corrected chi connectivity index (χ1v) is 10.8. The maximum atomic E-state index is 13.2. The van der Waals surface area contributed by atoms with Gasteiger partial charge in [0.05, 0.1) is 20.6 Å². The van der Waals surface area contributed by atoms with Crippen LogP contribution < -0.4 is 19.7 Å². The molecule has 184 valence electrons. The molecular weight excluding hydrogens is 454 g/mol. The zero-order valence-corrected chi connectivity index (χ0v) is 19.9. The summed E-state index contributed by atoms with van der Waals surface area (Å²) in [6.45, 7) is 1.40. The maximum Gasteiger partial charge on any atom is 0.323 e. The monoisotopic (exact) mass is 481 g/mol. The van der Waals surface area contributed by atoms with E-state index in [0.717, 1.165) is 4.90 Å². The van der Waals surface area contributed by atoms with Crippen molar-refractivity contribution in [3.63, 3.8) is 0 Å². The summed E-state index contributed by atoms with van der Waals surface area (Å²) in [7, 11) is 4.57. The summed E-state index contributed by atoms with van der Waals surface area (Å²) < 4.78 is 10.7. The minimum atomic E-state index is -1.44. The molecule has 2 aromatic carbocycles. The molecule has 0 radical (unpaired) electrons. The number of amides is 3. The van der Waals surface area contributed by atoms with E-state index < -0.39 is 29.7 Å². The summed E-state index contributed by atoms with van der Waals surface area (Å²) in [5.41, 5.74) is 1.97. The van der Waals surface area contributed by atoms with E-state index in [1.165, 1.54) is 25.3 Å². The second-order valence-corrected chi connectivity index (χ2v) is 7.89. The molecule has 2 aromatic rings. The minimum absolute atomic E-state index is 0.170. The lowest BCUT2D eigenvalue weighted by Crippen LogP contribution is -2.58. The van der Waals surface area contributed by atoms with Crippen LogP contribution in [0.2, 0.25) is 0 Å². The Bertz CT molecular complexity index is 1190. The fraction of sp³-hybridized carbons (Fsp3) is 0.280. The predicted molar refractivity (Wildman–Crippen MR) is 128 cm³/mol. The molecule has 2 N–H and O–H groups in total. The molecule has 0 spiro atoms. The highest BCUT2D eigenvalue weighted by Crippen LogP contribution is 2.35. The number of ketones is 1. The van der Waals surface area contributed by atoms with Crippen LogP contribution in [0.25, 0.3) is 11.1 Å². The van der Waals surface area contributed by atoms with E-state index >= 15 is 0 Å². The molecule has 10 heteroatoms. The third-order valence-electron chi connectivity index (χ3n) is 5.54. The van der Waals surface area contributed by atoms with E-state index in [9.17, 15) is 19.2 Å². The number of carboxylic acid groups (broad SMARTS) is 1. The Balaban J connectivity index is 2.08. The standard InChI is InChI=1S/C25H27N3O7/c1-15-14-27(2)24(32)22(23(15)31)28(25(33)26-11-10-21(29)30)17-7-5-6-16(12-17)19-9-8-18(34-3)13-20(19)35-4/h5-9,12-14,22H,10-11H2,1-4H3,(H,26,33)(H,29,30). The van der Waals surface area contributed by atoms with Crippen LogP contribution in [-0.4, -0.2) is 67.6 Å². The van der Waals surface area contributed by atoms with Gasteiger partial charge in [0, 0.05) is 42.7 Å². The van der Waals surface area contributed by atoms with E-state index in [4.69, 9.17) is 14.6 Å². The van der Waals surface area contributed by atoms with Crippen LogP contribution in [0, 0.1) is 0 Å². The van der Waals surface area contributed by atoms with Crippen molar-refractivity contribution in [2.75, 3.05) is 32.7 Å². The van der Waals surface area contributed by atoms with Crippen molar-refractivity contribution in [3.05, 3.63) is 54.2 Å². The molecule has 0 aromatic heterocycles. The van der Waals surface area contributed by atoms with E-state index in [2.05, 4.69) is 5.32 Å². The SMILES string of the molecule is COc1ccc(-c2cccc(N(C(=O)NCCC(=O)O)C3C(=O)C(C)=CN(C)C3=O)c2)c(OC)c1. The molecule has 1 aliphatic heterocycles. The van der Waals surface area contributed by atoms with Crippen LogP contribution in [0.5, 0.6) is 11.5 Å². The van der Waals surface area contributed by atoms with Crippen LogP contribution >= 0.6 is 0 Å². The smallest absolute Gasteiger partial charge is 0.323 e. The van der Waals surface area contributed by atoms with Gasteiger partial charge in [-0.3, -0.25) is 19.3 Å². The molecule has 1 heterocycles. The lowest BCUT2D eigenvalue weighted by atomic mass is 9.98. The molecule has 0 aliphatic carbocycles. The van der Waals surface area contributed by atoms with Gasteiger partial charge in [0.2, 0.25) is 0 Å². The van der Waals surface area contributed by atoms with Crippen LogP contribution in [0.3, 0.4) is 0 Å². The first kappa shape index (κ1) is 25.3. The number of ether oxygens (including phenoxy) is 2. The summed E-state index contributed by atoms with van der Waals surface area (Å²) in [6.07, 6.45) is 1.11. The third kappa shape index (κ3) is 5.43. The van der Waals surface area contributed by atoms with Crippen molar-refractivity contribution in [3.8, 4) is 22.6 Å². The Hall–Kier alpha value is -4.34. The number of hydrogen-bond donors (Lipinski definition) is 2. The number of urea groups is 1. The molecule has 1 unspecified atom stereocenters.